The molecule has 20 heavy (non-hydrogen) atoms. The van der Waals surface area contributed by atoms with Gasteiger partial charge >= 0.3 is 5.97 Å². The molecule has 0 radical (unpaired) electrons. The Morgan fingerprint density at radius 1 is 1.30 bits per heavy atom. The molecule has 5 heteroatoms. The van der Waals surface area contributed by atoms with Gasteiger partial charge in [0, 0.05) is 12.4 Å². The number of aliphatic carboxylic acids is 1. The molecule has 1 heterocycles. The van der Waals surface area contributed by atoms with E-state index in [9.17, 15) is 9.90 Å². The van der Waals surface area contributed by atoms with E-state index in [0.29, 0.717) is 22.0 Å². The first kappa shape index (κ1) is 14.8. The van der Waals surface area contributed by atoms with Crippen LogP contribution in [0.3, 0.4) is 0 Å². The maximum atomic E-state index is 11.7. The Bertz CT molecular complexity index is 631. The number of rotatable bonds is 4. The molecule has 1 aromatic heterocycles. The van der Waals surface area contributed by atoms with Crippen LogP contribution < -0.4 is 0 Å². The number of pyridine rings is 1. The lowest BCUT2D eigenvalue weighted by Crippen LogP contribution is -2.34. The van der Waals surface area contributed by atoms with Gasteiger partial charge in [0.25, 0.3) is 0 Å². The highest BCUT2D eigenvalue weighted by atomic mass is 35.5. The van der Waals surface area contributed by atoms with Crippen molar-refractivity contribution in [2.75, 3.05) is 0 Å². The van der Waals surface area contributed by atoms with Crippen molar-refractivity contribution in [2.45, 2.75) is 18.8 Å². The van der Waals surface area contributed by atoms with Crippen LogP contribution in [-0.4, -0.2) is 16.1 Å². The van der Waals surface area contributed by atoms with Crippen molar-refractivity contribution < 1.29 is 9.90 Å². The molecule has 0 aliphatic rings. The number of carboxylic acids is 1. The van der Waals surface area contributed by atoms with Crippen LogP contribution in [0.5, 0.6) is 0 Å². The molecule has 2 aromatic rings. The summed E-state index contributed by atoms with van der Waals surface area (Å²) in [5, 5.41) is 10.4. The van der Waals surface area contributed by atoms with E-state index in [1.54, 1.807) is 43.6 Å². The van der Waals surface area contributed by atoms with Gasteiger partial charge in [0.05, 0.1) is 15.5 Å². The highest BCUT2D eigenvalue weighted by Gasteiger charge is 2.35. The fourth-order valence-corrected chi connectivity index (χ4v) is 2.35. The Hall–Kier alpha value is -1.58. The van der Waals surface area contributed by atoms with Gasteiger partial charge in [-0.3, -0.25) is 9.78 Å². The summed E-state index contributed by atoms with van der Waals surface area (Å²) in [6, 6.07) is 8.55. The van der Waals surface area contributed by atoms with E-state index < -0.39 is 11.4 Å². The second-order valence-electron chi connectivity index (χ2n) is 4.80. The molecule has 0 amide bonds. The van der Waals surface area contributed by atoms with Gasteiger partial charge in [-0.1, -0.05) is 35.3 Å². The topological polar surface area (TPSA) is 50.2 Å². The van der Waals surface area contributed by atoms with Gasteiger partial charge in [0.1, 0.15) is 0 Å². The zero-order valence-electron chi connectivity index (χ0n) is 10.8. The fraction of sp³-hybridized carbons (Fsp3) is 0.200. The Morgan fingerprint density at radius 2 is 2.05 bits per heavy atom. The van der Waals surface area contributed by atoms with Crippen molar-refractivity contribution in [3.63, 3.8) is 0 Å². The normalized spacial score (nSPS) is 13.8. The number of hydrogen-bond donors (Lipinski definition) is 1. The van der Waals surface area contributed by atoms with Crippen LogP contribution in [0.15, 0.2) is 42.7 Å². The highest BCUT2D eigenvalue weighted by molar-refractivity contribution is 6.42. The molecule has 0 bridgehead atoms. The Morgan fingerprint density at radius 3 is 2.60 bits per heavy atom. The summed E-state index contributed by atoms with van der Waals surface area (Å²) in [6.45, 7) is 1.67. The molecule has 0 aliphatic carbocycles. The molecule has 0 aliphatic heterocycles. The van der Waals surface area contributed by atoms with Crippen molar-refractivity contribution >= 4 is 29.2 Å². The van der Waals surface area contributed by atoms with E-state index in [-0.39, 0.29) is 0 Å². The lowest BCUT2D eigenvalue weighted by atomic mass is 9.77. The molecule has 0 saturated carbocycles. The summed E-state index contributed by atoms with van der Waals surface area (Å²) < 4.78 is 0. The van der Waals surface area contributed by atoms with Gasteiger partial charge < -0.3 is 5.11 Å². The summed E-state index contributed by atoms with van der Waals surface area (Å²) in [4.78, 5) is 15.7. The number of carboxylic acid groups (broad SMARTS) is 1. The van der Waals surface area contributed by atoms with E-state index in [0.717, 1.165) is 5.56 Å². The fourth-order valence-electron chi connectivity index (χ4n) is 2.05. The third-order valence-electron chi connectivity index (χ3n) is 3.31. The van der Waals surface area contributed by atoms with Crippen molar-refractivity contribution in [2.24, 2.45) is 0 Å². The van der Waals surface area contributed by atoms with Crippen LogP contribution >= 0.6 is 23.2 Å². The van der Waals surface area contributed by atoms with E-state index in [4.69, 9.17) is 23.2 Å². The van der Waals surface area contributed by atoms with Crippen molar-refractivity contribution in [3.05, 3.63) is 63.9 Å². The molecule has 1 N–H and O–H groups in total. The Balaban J connectivity index is 2.43. The average Bonchev–Trinajstić information content (AvgIpc) is 2.42. The molecule has 2 rings (SSSR count). The second kappa shape index (κ2) is 5.81. The number of benzene rings is 1. The number of carbonyl (C=O) groups is 1. The molecule has 1 atom stereocenters. The number of halogens is 2. The summed E-state index contributed by atoms with van der Waals surface area (Å²) >= 11 is 11.9. The van der Waals surface area contributed by atoms with Crippen molar-refractivity contribution in [1.29, 1.82) is 0 Å². The summed E-state index contributed by atoms with van der Waals surface area (Å²) in [7, 11) is 0. The number of aromatic nitrogens is 1. The summed E-state index contributed by atoms with van der Waals surface area (Å²) in [5.74, 6) is -0.917. The SMILES string of the molecule is CC(Cc1cccnc1)(C(=O)O)c1ccc(Cl)c(Cl)c1. The number of hydrogen-bond acceptors (Lipinski definition) is 2. The zero-order chi connectivity index (χ0) is 14.8. The van der Waals surface area contributed by atoms with Gasteiger partial charge in [0.15, 0.2) is 0 Å². The molecular weight excluding hydrogens is 297 g/mol. The molecule has 0 fully saturated rings. The molecule has 0 spiro atoms. The molecular formula is C15H13Cl2NO2. The van der Waals surface area contributed by atoms with Crippen molar-refractivity contribution in [3.8, 4) is 0 Å². The Kier molecular flexibility index (Phi) is 4.31. The van der Waals surface area contributed by atoms with Crippen LogP contribution in [0.4, 0.5) is 0 Å². The quantitative estimate of drug-likeness (QED) is 0.929. The van der Waals surface area contributed by atoms with E-state index in [1.807, 2.05) is 6.07 Å². The van der Waals surface area contributed by atoms with Crippen LogP contribution in [0.2, 0.25) is 10.0 Å². The smallest absolute Gasteiger partial charge is 0.314 e. The van der Waals surface area contributed by atoms with Crippen LogP contribution in [0.25, 0.3) is 0 Å². The van der Waals surface area contributed by atoms with Crippen molar-refractivity contribution in [1.82, 2.24) is 4.98 Å². The summed E-state index contributed by atoms with van der Waals surface area (Å²) in [5.41, 5.74) is 0.379. The van der Waals surface area contributed by atoms with Gasteiger partial charge in [-0.2, -0.15) is 0 Å². The zero-order valence-corrected chi connectivity index (χ0v) is 12.3. The largest absolute Gasteiger partial charge is 0.481 e. The van der Waals surface area contributed by atoms with Gasteiger partial charge in [-0.15, -0.1) is 0 Å². The third kappa shape index (κ3) is 2.94. The maximum absolute atomic E-state index is 11.7. The molecule has 0 saturated heterocycles. The lowest BCUT2D eigenvalue weighted by Gasteiger charge is -2.25. The van der Waals surface area contributed by atoms with Gasteiger partial charge in [-0.25, -0.2) is 0 Å². The minimum Gasteiger partial charge on any atom is -0.481 e. The first-order valence-corrected chi connectivity index (χ1v) is 6.77. The van der Waals surface area contributed by atoms with Crippen LogP contribution in [0.1, 0.15) is 18.1 Å². The van der Waals surface area contributed by atoms with E-state index in [1.165, 1.54) is 0 Å². The highest BCUT2D eigenvalue weighted by Crippen LogP contribution is 2.33. The van der Waals surface area contributed by atoms with Gasteiger partial charge in [-0.05, 0) is 42.7 Å². The first-order chi connectivity index (χ1) is 9.43. The minimum absolute atomic E-state index is 0.328. The Labute approximate surface area is 127 Å². The predicted octanol–water partition coefficient (Wildman–Crippen LogP) is 3.97. The first-order valence-electron chi connectivity index (χ1n) is 6.01. The standard InChI is InChI=1S/C15H13Cl2NO2/c1-15(14(19)20,8-10-3-2-6-18-9-10)11-4-5-12(16)13(17)7-11/h2-7,9H,8H2,1H3,(H,19,20). The molecule has 104 valence electrons. The number of nitrogens with zero attached hydrogens (tertiary/aromatic N) is 1. The summed E-state index contributed by atoms with van der Waals surface area (Å²) in [6.07, 6.45) is 3.65. The second-order valence-corrected chi connectivity index (χ2v) is 5.62. The minimum atomic E-state index is -1.09. The molecule has 1 aromatic carbocycles. The van der Waals surface area contributed by atoms with Gasteiger partial charge in [0.2, 0.25) is 0 Å². The van der Waals surface area contributed by atoms with E-state index >= 15 is 0 Å². The van der Waals surface area contributed by atoms with E-state index in [2.05, 4.69) is 4.98 Å². The maximum Gasteiger partial charge on any atom is 0.314 e. The molecule has 3 nitrogen and oxygen atoms in total. The van der Waals surface area contributed by atoms with Crippen LogP contribution in [-0.2, 0) is 16.6 Å². The lowest BCUT2D eigenvalue weighted by molar-refractivity contribution is -0.143. The monoisotopic (exact) mass is 309 g/mol. The molecule has 1 unspecified atom stereocenters. The predicted molar refractivity (Wildman–Crippen MR) is 79.4 cm³/mol. The van der Waals surface area contributed by atoms with Crippen LogP contribution in [0, 0.1) is 0 Å². The average molecular weight is 310 g/mol. The third-order valence-corrected chi connectivity index (χ3v) is 4.05.